The van der Waals surface area contributed by atoms with Gasteiger partial charge in [0.2, 0.25) is 5.91 Å². The fraction of sp³-hybridized carbons (Fsp3) is 0.391. The van der Waals surface area contributed by atoms with Crippen molar-refractivity contribution in [3.8, 4) is 0 Å². The van der Waals surface area contributed by atoms with Crippen LogP contribution >= 0.6 is 11.6 Å². The summed E-state index contributed by atoms with van der Waals surface area (Å²) < 4.78 is 59.7. The van der Waals surface area contributed by atoms with Crippen LogP contribution in [0.5, 0.6) is 0 Å². The first-order valence-electron chi connectivity index (χ1n) is 10.0. The van der Waals surface area contributed by atoms with Crippen molar-refractivity contribution in [2.45, 2.75) is 39.3 Å². The molecule has 0 heterocycles. The first-order chi connectivity index (χ1) is 14.9. The number of hydrogen-bond acceptors (Lipinski definition) is 3. The van der Waals surface area contributed by atoms with E-state index in [1.165, 1.54) is 36.4 Å². The third-order valence-electron chi connectivity index (χ3n) is 5.05. The summed E-state index contributed by atoms with van der Waals surface area (Å²) in [5, 5.41) is 2.59. The van der Waals surface area contributed by atoms with Crippen molar-refractivity contribution < 1.29 is 31.9 Å². The van der Waals surface area contributed by atoms with Crippen LogP contribution in [0, 0.1) is 17.7 Å². The van der Waals surface area contributed by atoms with Crippen molar-refractivity contribution in [2.75, 3.05) is 11.9 Å². The van der Waals surface area contributed by atoms with Gasteiger partial charge in [-0.15, -0.1) is 0 Å². The van der Waals surface area contributed by atoms with E-state index in [2.05, 4.69) is 5.32 Å². The highest BCUT2D eigenvalue weighted by Crippen LogP contribution is 2.38. The van der Waals surface area contributed by atoms with E-state index in [4.69, 9.17) is 16.3 Å². The Kier molecular flexibility index (Phi) is 8.66. The zero-order valence-electron chi connectivity index (χ0n) is 17.8. The number of rotatable bonds is 8. The maximum Gasteiger partial charge on any atom is 0.392 e. The maximum atomic E-state index is 14.4. The number of nitrogens with one attached hydrogen (secondary N) is 1. The Morgan fingerprint density at radius 2 is 1.72 bits per heavy atom. The van der Waals surface area contributed by atoms with Gasteiger partial charge < -0.3 is 10.1 Å². The van der Waals surface area contributed by atoms with E-state index in [1.807, 2.05) is 0 Å². The molecule has 9 heteroatoms. The van der Waals surface area contributed by atoms with Crippen molar-refractivity contribution in [1.29, 1.82) is 0 Å². The number of hydrogen-bond donors (Lipinski definition) is 1. The highest BCUT2D eigenvalue weighted by atomic mass is 35.5. The summed E-state index contributed by atoms with van der Waals surface area (Å²) >= 11 is 5.81. The summed E-state index contributed by atoms with van der Waals surface area (Å²) in [4.78, 5) is 24.7. The molecule has 0 aliphatic carbocycles. The molecule has 0 bridgehead atoms. The summed E-state index contributed by atoms with van der Waals surface area (Å²) in [5.74, 6) is -6.40. The first kappa shape index (κ1) is 25.6. The van der Waals surface area contributed by atoms with Crippen LogP contribution in [0.15, 0.2) is 42.5 Å². The Morgan fingerprint density at radius 1 is 1.09 bits per heavy atom. The largest absolute Gasteiger partial charge is 0.466 e. The zero-order valence-corrected chi connectivity index (χ0v) is 18.6. The second-order valence-corrected chi connectivity index (χ2v) is 7.96. The molecule has 1 unspecified atom stereocenters. The molecule has 0 fully saturated rings. The predicted octanol–water partition coefficient (Wildman–Crippen LogP) is 6.14. The molecule has 3 atom stereocenters. The molecule has 4 nitrogen and oxygen atoms in total. The Morgan fingerprint density at radius 3 is 2.28 bits per heavy atom. The second-order valence-electron chi connectivity index (χ2n) is 7.52. The maximum absolute atomic E-state index is 14.4. The monoisotopic (exact) mass is 473 g/mol. The van der Waals surface area contributed by atoms with Crippen molar-refractivity contribution in [3.63, 3.8) is 0 Å². The molecule has 0 saturated heterocycles. The van der Waals surface area contributed by atoms with E-state index in [9.17, 15) is 27.2 Å². The molecule has 2 aromatic carbocycles. The van der Waals surface area contributed by atoms with Gasteiger partial charge in [0, 0.05) is 5.02 Å². The average molecular weight is 474 g/mol. The summed E-state index contributed by atoms with van der Waals surface area (Å²) in [6, 6.07) is 9.28. The van der Waals surface area contributed by atoms with Crippen LogP contribution in [0.3, 0.4) is 0 Å². The van der Waals surface area contributed by atoms with Gasteiger partial charge in [-0.3, -0.25) is 9.59 Å². The second kappa shape index (κ2) is 10.8. The number of ether oxygens (including phenoxy) is 1. The Balaban J connectivity index is 2.30. The highest BCUT2D eigenvalue weighted by molar-refractivity contribution is 6.30. The van der Waals surface area contributed by atoms with E-state index >= 15 is 0 Å². The van der Waals surface area contributed by atoms with Gasteiger partial charge in [-0.05, 0) is 48.7 Å². The lowest BCUT2D eigenvalue weighted by Gasteiger charge is -2.26. The van der Waals surface area contributed by atoms with E-state index in [-0.39, 0.29) is 24.3 Å². The Labute approximate surface area is 188 Å². The van der Waals surface area contributed by atoms with Crippen LogP contribution in [0.2, 0.25) is 5.02 Å². The molecule has 1 amide bonds. The third kappa shape index (κ3) is 6.69. The lowest BCUT2D eigenvalue weighted by molar-refractivity contribution is -0.178. The van der Waals surface area contributed by atoms with E-state index < -0.39 is 41.6 Å². The third-order valence-corrected chi connectivity index (χ3v) is 5.30. The van der Waals surface area contributed by atoms with Crippen LogP contribution in [-0.2, 0) is 20.7 Å². The van der Waals surface area contributed by atoms with Crippen LogP contribution in [0.1, 0.15) is 37.8 Å². The van der Waals surface area contributed by atoms with Crippen molar-refractivity contribution in [1.82, 2.24) is 0 Å². The first-order valence-corrected chi connectivity index (χ1v) is 10.4. The fourth-order valence-electron chi connectivity index (χ4n) is 3.25. The van der Waals surface area contributed by atoms with E-state index in [0.29, 0.717) is 10.6 Å². The Hall–Kier alpha value is -2.61. The van der Waals surface area contributed by atoms with Gasteiger partial charge in [-0.1, -0.05) is 43.6 Å². The molecule has 0 aromatic heterocycles. The highest BCUT2D eigenvalue weighted by Gasteiger charge is 2.45. The average Bonchev–Trinajstić information content (AvgIpc) is 2.71. The molecule has 0 aliphatic rings. The molecule has 1 N–H and O–H groups in total. The molecule has 0 radical (unpaired) electrons. The van der Waals surface area contributed by atoms with Crippen LogP contribution in [0.25, 0.3) is 0 Å². The molecule has 32 heavy (non-hydrogen) atoms. The lowest BCUT2D eigenvalue weighted by Crippen LogP contribution is -2.34. The smallest absolute Gasteiger partial charge is 0.392 e. The molecule has 174 valence electrons. The van der Waals surface area contributed by atoms with Gasteiger partial charge >= 0.3 is 12.1 Å². The summed E-state index contributed by atoms with van der Waals surface area (Å²) in [5.41, 5.74) is 0.357. The van der Waals surface area contributed by atoms with Gasteiger partial charge in [0.15, 0.2) is 0 Å². The van der Waals surface area contributed by atoms with Crippen LogP contribution in [0.4, 0.5) is 23.2 Å². The fourth-order valence-corrected chi connectivity index (χ4v) is 3.38. The molecule has 0 saturated carbocycles. The molecule has 2 aromatic rings. The van der Waals surface area contributed by atoms with Gasteiger partial charge in [-0.2, -0.15) is 13.2 Å². The van der Waals surface area contributed by atoms with Gasteiger partial charge in [0.05, 0.1) is 30.0 Å². The molecule has 0 spiro atoms. The molecular weight excluding hydrogens is 450 g/mol. The number of benzene rings is 2. The van der Waals surface area contributed by atoms with Crippen molar-refractivity contribution in [2.24, 2.45) is 11.8 Å². The minimum Gasteiger partial charge on any atom is -0.466 e. The summed E-state index contributed by atoms with van der Waals surface area (Å²) in [7, 11) is 0. The van der Waals surface area contributed by atoms with E-state index in [0.717, 1.165) is 13.0 Å². The van der Waals surface area contributed by atoms with Crippen molar-refractivity contribution in [3.05, 3.63) is 64.4 Å². The quantitative estimate of drug-likeness (QED) is 0.370. The topological polar surface area (TPSA) is 55.4 Å². The number of carbonyl (C=O) groups excluding carboxylic acids is 2. The number of amides is 1. The van der Waals surface area contributed by atoms with Crippen LogP contribution in [-0.4, -0.2) is 24.7 Å². The number of anilines is 1. The standard InChI is InChI=1S/C23H24ClF4NO3/c1-4-32-22(31)13(2)11-15-5-10-18(25)19(12-15)29-21(30)20(14(3)23(26,27)28)16-6-8-17(24)9-7-16/h5-10,12-14,20H,4,11H2,1-3H3,(H,29,30)/t13?,14-,20+/m1/s1. The SMILES string of the molecule is CCOC(=O)C(C)Cc1ccc(F)c(NC(=O)[C@H](c2ccc(Cl)cc2)[C@@H](C)C(F)(F)F)c1. The van der Waals surface area contributed by atoms with Crippen LogP contribution < -0.4 is 5.32 Å². The Bertz CT molecular complexity index is 947. The molecule has 2 rings (SSSR count). The molecular formula is C23H24ClF4NO3. The number of carbonyl (C=O) groups is 2. The predicted molar refractivity (Wildman–Crippen MR) is 114 cm³/mol. The minimum atomic E-state index is -4.66. The summed E-state index contributed by atoms with van der Waals surface area (Å²) in [6.07, 6.45) is -4.45. The number of esters is 1. The normalized spacial score (nSPS) is 14.4. The van der Waals surface area contributed by atoms with Gasteiger partial charge in [-0.25, -0.2) is 4.39 Å². The van der Waals surface area contributed by atoms with Gasteiger partial charge in [0.25, 0.3) is 0 Å². The van der Waals surface area contributed by atoms with Crippen molar-refractivity contribution >= 4 is 29.2 Å². The summed E-state index contributed by atoms with van der Waals surface area (Å²) in [6.45, 7) is 4.43. The minimum absolute atomic E-state index is 0.101. The zero-order chi connectivity index (χ0) is 24.1. The lowest BCUT2D eigenvalue weighted by atomic mass is 9.85. The van der Waals surface area contributed by atoms with Gasteiger partial charge in [0.1, 0.15) is 5.82 Å². The molecule has 0 aliphatic heterocycles. The number of alkyl halides is 3. The van der Waals surface area contributed by atoms with E-state index in [1.54, 1.807) is 13.8 Å². The number of halogens is 5.